The van der Waals surface area contributed by atoms with Gasteiger partial charge in [-0.2, -0.15) is 0 Å². The molecule has 4 nitrogen and oxygen atoms in total. The fourth-order valence-corrected chi connectivity index (χ4v) is 2.91. The molecular weight excluding hydrogens is 266 g/mol. The summed E-state index contributed by atoms with van der Waals surface area (Å²) in [5, 5.41) is 10.4. The average Bonchev–Trinajstić information content (AvgIpc) is 2.41. The van der Waals surface area contributed by atoms with Gasteiger partial charge >= 0.3 is 0 Å². The molecular formula is C17H31NO3. The Bertz CT molecular complexity index is 320. The predicted octanol–water partition coefficient (Wildman–Crippen LogP) is 2.93. The van der Waals surface area contributed by atoms with Gasteiger partial charge in [0.25, 0.3) is 0 Å². The normalized spacial score (nSPS) is 31.6. The zero-order valence-electron chi connectivity index (χ0n) is 13.9. The van der Waals surface area contributed by atoms with Crippen molar-refractivity contribution in [2.24, 2.45) is 5.92 Å². The van der Waals surface area contributed by atoms with Gasteiger partial charge in [0.2, 0.25) is 5.91 Å². The molecule has 0 unspecified atom stereocenters. The Morgan fingerprint density at radius 1 is 1.10 bits per heavy atom. The van der Waals surface area contributed by atoms with Gasteiger partial charge < -0.3 is 10.0 Å². The summed E-state index contributed by atoms with van der Waals surface area (Å²) in [7, 11) is 1.82. The molecule has 0 aliphatic carbocycles. The van der Waals surface area contributed by atoms with Crippen molar-refractivity contribution in [1.82, 2.24) is 4.90 Å². The number of rotatable bonds is 0. The maximum atomic E-state index is 12.0. The summed E-state index contributed by atoms with van der Waals surface area (Å²) in [6, 6.07) is 0. The summed E-state index contributed by atoms with van der Waals surface area (Å²) in [6.07, 6.45) is 6.68. The standard InChI is InChI=1S/C17H31NO3/c1-14-8-6-11-17(2,21)12-7-13-18(3)16(20)10-5-4-9-15(14)19/h14,21H,4-13H2,1-3H3/t14-,17+/m1/s1. The summed E-state index contributed by atoms with van der Waals surface area (Å²) in [6.45, 7) is 4.54. The van der Waals surface area contributed by atoms with Crippen LogP contribution in [0.15, 0.2) is 0 Å². The number of nitrogens with zero attached hydrogens (tertiary/aromatic N) is 1. The van der Waals surface area contributed by atoms with Gasteiger partial charge in [-0.15, -0.1) is 0 Å². The van der Waals surface area contributed by atoms with Crippen LogP contribution in [0, 0.1) is 5.92 Å². The number of carbonyl (C=O) groups excluding carboxylic acids is 2. The summed E-state index contributed by atoms with van der Waals surface area (Å²) >= 11 is 0. The average molecular weight is 297 g/mol. The van der Waals surface area contributed by atoms with Crippen LogP contribution in [0.2, 0.25) is 0 Å². The van der Waals surface area contributed by atoms with E-state index >= 15 is 0 Å². The van der Waals surface area contributed by atoms with Crippen LogP contribution in [0.5, 0.6) is 0 Å². The highest BCUT2D eigenvalue weighted by molar-refractivity contribution is 5.80. The van der Waals surface area contributed by atoms with Crippen LogP contribution in [0.1, 0.15) is 71.6 Å². The first-order valence-electron chi connectivity index (χ1n) is 8.31. The molecule has 0 saturated carbocycles. The van der Waals surface area contributed by atoms with Gasteiger partial charge in [-0.05, 0) is 51.9 Å². The molecule has 1 heterocycles. The Morgan fingerprint density at radius 3 is 2.43 bits per heavy atom. The summed E-state index contributed by atoms with van der Waals surface area (Å²) in [5.41, 5.74) is -0.688. The van der Waals surface area contributed by atoms with Gasteiger partial charge in [0, 0.05) is 32.4 Å². The van der Waals surface area contributed by atoms with Crippen LogP contribution < -0.4 is 0 Å². The lowest BCUT2D eigenvalue weighted by atomic mass is 9.89. The Morgan fingerprint density at radius 2 is 1.71 bits per heavy atom. The third-order valence-electron chi connectivity index (χ3n) is 4.60. The van der Waals surface area contributed by atoms with E-state index in [2.05, 4.69) is 0 Å². The summed E-state index contributed by atoms with van der Waals surface area (Å²) < 4.78 is 0. The van der Waals surface area contributed by atoms with E-state index in [1.807, 2.05) is 20.9 Å². The van der Waals surface area contributed by atoms with Gasteiger partial charge in [0.1, 0.15) is 5.78 Å². The first kappa shape index (κ1) is 18.1. The molecule has 0 aromatic heterocycles. The maximum Gasteiger partial charge on any atom is 0.222 e. The molecule has 0 aromatic rings. The lowest BCUT2D eigenvalue weighted by Gasteiger charge is -2.25. The van der Waals surface area contributed by atoms with Crippen molar-refractivity contribution in [1.29, 1.82) is 0 Å². The largest absolute Gasteiger partial charge is 0.390 e. The van der Waals surface area contributed by atoms with Gasteiger partial charge in [-0.3, -0.25) is 9.59 Å². The van der Waals surface area contributed by atoms with Crippen molar-refractivity contribution in [3.05, 3.63) is 0 Å². The second kappa shape index (κ2) is 8.52. The summed E-state index contributed by atoms with van der Waals surface area (Å²) in [4.78, 5) is 25.7. The van der Waals surface area contributed by atoms with Gasteiger partial charge in [0.15, 0.2) is 0 Å². The minimum atomic E-state index is -0.688. The van der Waals surface area contributed by atoms with Crippen molar-refractivity contribution in [2.45, 2.75) is 77.2 Å². The van der Waals surface area contributed by atoms with Crippen LogP contribution >= 0.6 is 0 Å². The molecule has 0 aromatic carbocycles. The maximum absolute atomic E-state index is 12.0. The lowest BCUT2D eigenvalue weighted by molar-refractivity contribution is -0.130. The van der Waals surface area contributed by atoms with Gasteiger partial charge in [0.05, 0.1) is 5.60 Å². The molecule has 0 bridgehead atoms. The van der Waals surface area contributed by atoms with Crippen LogP contribution in [-0.2, 0) is 9.59 Å². The minimum Gasteiger partial charge on any atom is -0.390 e. The lowest BCUT2D eigenvalue weighted by Crippen LogP contribution is -2.30. The predicted molar refractivity (Wildman–Crippen MR) is 84.0 cm³/mol. The van der Waals surface area contributed by atoms with Gasteiger partial charge in [-0.1, -0.05) is 6.92 Å². The zero-order chi connectivity index (χ0) is 15.9. The van der Waals surface area contributed by atoms with E-state index < -0.39 is 5.60 Å². The number of amides is 1. The van der Waals surface area contributed by atoms with Crippen molar-refractivity contribution >= 4 is 11.7 Å². The Balaban J connectivity index is 2.60. The third-order valence-corrected chi connectivity index (χ3v) is 4.60. The van der Waals surface area contributed by atoms with Crippen molar-refractivity contribution < 1.29 is 14.7 Å². The zero-order valence-corrected chi connectivity index (χ0v) is 13.9. The number of aliphatic hydroxyl groups is 1. The molecule has 0 radical (unpaired) electrons. The fraction of sp³-hybridized carbons (Fsp3) is 0.882. The molecule has 0 spiro atoms. The van der Waals surface area contributed by atoms with E-state index in [-0.39, 0.29) is 11.8 Å². The topological polar surface area (TPSA) is 57.6 Å². The first-order valence-corrected chi connectivity index (χ1v) is 8.31. The second-order valence-electron chi connectivity index (χ2n) is 6.88. The van der Waals surface area contributed by atoms with E-state index in [1.54, 1.807) is 4.90 Å². The number of carbonyl (C=O) groups is 2. The first-order chi connectivity index (χ1) is 9.82. The minimum absolute atomic E-state index is 0.0734. The molecule has 4 heteroatoms. The second-order valence-corrected chi connectivity index (χ2v) is 6.88. The van der Waals surface area contributed by atoms with E-state index in [0.29, 0.717) is 31.6 Å². The number of hydrogen-bond donors (Lipinski definition) is 1. The Hall–Kier alpha value is -0.900. The van der Waals surface area contributed by atoms with Gasteiger partial charge in [-0.25, -0.2) is 0 Å². The molecule has 1 fully saturated rings. The van der Waals surface area contributed by atoms with Crippen LogP contribution in [-0.4, -0.2) is 40.9 Å². The number of hydrogen-bond acceptors (Lipinski definition) is 3. The molecule has 2 atom stereocenters. The number of ketones is 1. The highest BCUT2D eigenvalue weighted by atomic mass is 16.3. The molecule has 1 aliphatic heterocycles. The quantitative estimate of drug-likeness (QED) is 0.748. The van der Waals surface area contributed by atoms with Crippen molar-refractivity contribution in [2.75, 3.05) is 13.6 Å². The smallest absolute Gasteiger partial charge is 0.222 e. The molecule has 1 saturated heterocycles. The molecule has 1 aliphatic rings. The molecule has 1 N–H and O–H groups in total. The van der Waals surface area contributed by atoms with E-state index in [4.69, 9.17) is 0 Å². The van der Waals surface area contributed by atoms with Crippen molar-refractivity contribution in [3.63, 3.8) is 0 Å². The van der Waals surface area contributed by atoms with Crippen LogP contribution in [0.3, 0.4) is 0 Å². The molecule has 1 rings (SSSR count). The fourth-order valence-electron chi connectivity index (χ4n) is 2.91. The summed E-state index contributed by atoms with van der Waals surface area (Å²) in [5.74, 6) is 0.514. The van der Waals surface area contributed by atoms with E-state index in [0.717, 1.165) is 38.5 Å². The Kier molecular flexibility index (Phi) is 7.36. The third kappa shape index (κ3) is 7.07. The van der Waals surface area contributed by atoms with Crippen LogP contribution in [0.25, 0.3) is 0 Å². The van der Waals surface area contributed by atoms with Crippen LogP contribution in [0.4, 0.5) is 0 Å². The molecule has 1 amide bonds. The highest BCUT2D eigenvalue weighted by Crippen LogP contribution is 2.23. The SMILES string of the molecule is C[C@@H]1CCC[C@](C)(O)CCCN(C)C(=O)CCCCC1=O. The molecule has 122 valence electrons. The van der Waals surface area contributed by atoms with E-state index in [9.17, 15) is 14.7 Å². The number of Topliss-reactive ketones (excluding diaryl/α,β-unsaturated/α-hetero) is 1. The highest BCUT2D eigenvalue weighted by Gasteiger charge is 2.22. The monoisotopic (exact) mass is 297 g/mol. The van der Waals surface area contributed by atoms with E-state index in [1.165, 1.54) is 0 Å². The Labute approximate surface area is 128 Å². The van der Waals surface area contributed by atoms with Crippen molar-refractivity contribution in [3.8, 4) is 0 Å². The molecule has 21 heavy (non-hydrogen) atoms.